The third-order valence-electron chi connectivity index (χ3n) is 5.59. The maximum atomic E-state index is 6.25. The molecule has 4 rings (SSSR count). The molecule has 2 aromatic rings. The van der Waals surface area contributed by atoms with Gasteiger partial charge in [0.2, 0.25) is 5.95 Å². The molecule has 1 aliphatic heterocycles. The van der Waals surface area contributed by atoms with E-state index in [9.17, 15) is 0 Å². The Bertz CT molecular complexity index is 740. The van der Waals surface area contributed by atoms with Crippen LogP contribution >= 0.6 is 0 Å². The summed E-state index contributed by atoms with van der Waals surface area (Å²) in [4.78, 5) is 9.33. The minimum absolute atomic E-state index is 0.206. The highest BCUT2D eigenvalue weighted by atomic mass is 16.5. The van der Waals surface area contributed by atoms with E-state index in [0.717, 1.165) is 62.1 Å². The van der Waals surface area contributed by atoms with E-state index in [1.165, 1.54) is 12.8 Å². The van der Waals surface area contributed by atoms with Crippen molar-refractivity contribution in [2.75, 3.05) is 25.1 Å². The fraction of sp³-hybridized carbons (Fsp3) is 0.619. The number of anilines is 1. The molecule has 6 nitrogen and oxygen atoms in total. The van der Waals surface area contributed by atoms with Crippen LogP contribution in [0.5, 0.6) is 5.75 Å². The highest BCUT2D eigenvalue weighted by Crippen LogP contribution is 2.28. The van der Waals surface area contributed by atoms with Crippen molar-refractivity contribution in [1.29, 1.82) is 0 Å². The van der Waals surface area contributed by atoms with Crippen molar-refractivity contribution in [1.82, 2.24) is 15.3 Å². The number of fused-ring (bicyclic) bond motifs is 1. The van der Waals surface area contributed by atoms with Crippen LogP contribution in [0.15, 0.2) is 24.4 Å². The molecule has 2 N–H and O–H groups in total. The number of hydrogen-bond acceptors (Lipinski definition) is 6. The molecule has 2 aliphatic rings. The van der Waals surface area contributed by atoms with Crippen molar-refractivity contribution in [3.05, 3.63) is 24.4 Å². The molecule has 146 valence electrons. The Kier molecular flexibility index (Phi) is 6.04. The third-order valence-corrected chi connectivity index (χ3v) is 5.59. The molecule has 1 aromatic heterocycles. The summed E-state index contributed by atoms with van der Waals surface area (Å²) in [6.07, 6.45) is 8.68. The number of hydrogen-bond donors (Lipinski definition) is 2. The van der Waals surface area contributed by atoms with Gasteiger partial charge in [0.15, 0.2) is 0 Å². The van der Waals surface area contributed by atoms with Crippen molar-refractivity contribution in [2.45, 2.75) is 63.6 Å². The van der Waals surface area contributed by atoms with Gasteiger partial charge in [-0.25, -0.2) is 9.97 Å². The maximum absolute atomic E-state index is 6.25. The Morgan fingerprint density at radius 2 is 1.85 bits per heavy atom. The first-order valence-corrected chi connectivity index (χ1v) is 10.3. The normalized spacial score (nSPS) is 24.0. The van der Waals surface area contributed by atoms with Crippen LogP contribution < -0.4 is 15.4 Å². The Morgan fingerprint density at radius 1 is 1.07 bits per heavy atom. The summed E-state index contributed by atoms with van der Waals surface area (Å²) in [5, 5.41) is 8.11. The van der Waals surface area contributed by atoms with Crippen molar-refractivity contribution >= 4 is 16.9 Å². The van der Waals surface area contributed by atoms with Gasteiger partial charge in [0.1, 0.15) is 17.4 Å². The van der Waals surface area contributed by atoms with E-state index in [-0.39, 0.29) is 6.10 Å². The summed E-state index contributed by atoms with van der Waals surface area (Å²) in [6.45, 7) is 4.76. The lowest BCUT2D eigenvalue weighted by molar-refractivity contribution is 0.0261. The number of nitrogens with one attached hydrogen (secondary N) is 2. The van der Waals surface area contributed by atoms with Gasteiger partial charge in [-0.1, -0.05) is 19.1 Å². The van der Waals surface area contributed by atoms with Crippen LogP contribution in [0.3, 0.4) is 0 Å². The fourth-order valence-electron chi connectivity index (χ4n) is 4.08. The third kappa shape index (κ3) is 4.68. The van der Waals surface area contributed by atoms with E-state index in [1.54, 1.807) is 0 Å². The lowest BCUT2D eigenvalue weighted by atomic mass is 9.91. The van der Waals surface area contributed by atoms with E-state index in [1.807, 2.05) is 24.4 Å². The van der Waals surface area contributed by atoms with Gasteiger partial charge in [0.25, 0.3) is 0 Å². The average Bonchev–Trinajstić information content (AvgIpc) is 2.71. The second kappa shape index (κ2) is 8.85. The minimum Gasteiger partial charge on any atom is -0.488 e. The summed E-state index contributed by atoms with van der Waals surface area (Å²) < 4.78 is 11.7. The monoisotopic (exact) mass is 370 g/mol. The van der Waals surface area contributed by atoms with Crippen LogP contribution in [0.4, 0.5) is 5.95 Å². The van der Waals surface area contributed by atoms with Gasteiger partial charge in [-0.2, -0.15) is 0 Å². The molecule has 0 bridgehead atoms. The molecule has 0 atom stereocenters. The Balaban J connectivity index is 1.45. The van der Waals surface area contributed by atoms with E-state index in [4.69, 9.17) is 14.5 Å². The van der Waals surface area contributed by atoms with Gasteiger partial charge in [-0.15, -0.1) is 0 Å². The molecular weight excluding hydrogens is 340 g/mol. The molecule has 2 fully saturated rings. The van der Waals surface area contributed by atoms with Gasteiger partial charge in [-0.3, -0.25) is 0 Å². The highest BCUT2D eigenvalue weighted by Gasteiger charge is 2.21. The number of ether oxygens (including phenoxy) is 2. The zero-order valence-electron chi connectivity index (χ0n) is 16.1. The first-order valence-electron chi connectivity index (χ1n) is 10.3. The first-order chi connectivity index (χ1) is 13.3. The van der Waals surface area contributed by atoms with E-state index in [2.05, 4.69) is 22.5 Å². The molecular formula is C21H30N4O2. The summed E-state index contributed by atoms with van der Waals surface area (Å²) in [7, 11) is 0. The lowest BCUT2D eigenvalue weighted by Gasteiger charge is -2.29. The first kappa shape index (κ1) is 18.4. The van der Waals surface area contributed by atoms with Crippen molar-refractivity contribution in [3.8, 4) is 5.75 Å². The summed E-state index contributed by atoms with van der Waals surface area (Å²) in [6, 6.07) is 7.16. The van der Waals surface area contributed by atoms with Crippen molar-refractivity contribution in [3.63, 3.8) is 0 Å². The van der Waals surface area contributed by atoms with Crippen LogP contribution in [-0.4, -0.2) is 47.9 Å². The lowest BCUT2D eigenvalue weighted by Crippen LogP contribution is -2.37. The summed E-state index contributed by atoms with van der Waals surface area (Å²) in [5.74, 6) is 1.55. The Labute approximate surface area is 161 Å². The van der Waals surface area contributed by atoms with Crippen LogP contribution in [0, 0.1) is 0 Å². The maximum Gasteiger partial charge on any atom is 0.223 e. The van der Waals surface area contributed by atoms with E-state index >= 15 is 0 Å². The predicted molar refractivity (Wildman–Crippen MR) is 107 cm³/mol. The fourth-order valence-corrected chi connectivity index (χ4v) is 4.08. The number of nitrogens with zero attached hydrogens (tertiary/aromatic N) is 2. The van der Waals surface area contributed by atoms with Crippen LogP contribution in [0.1, 0.15) is 45.4 Å². The minimum atomic E-state index is 0.206. The quantitative estimate of drug-likeness (QED) is 0.811. The molecule has 0 spiro atoms. The smallest absolute Gasteiger partial charge is 0.223 e. The van der Waals surface area contributed by atoms with Gasteiger partial charge in [0, 0.05) is 36.5 Å². The van der Waals surface area contributed by atoms with Crippen molar-refractivity contribution < 1.29 is 9.47 Å². The zero-order valence-corrected chi connectivity index (χ0v) is 16.1. The number of benzene rings is 1. The second-order valence-electron chi connectivity index (χ2n) is 7.57. The molecule has 1 aromatic carbocycles. The zero-order chi connectivity index (χ0) is 18.5. The molecule has 0 radical (unpaired) electrons. The van der Waals surface area contributed by atoms with E-state index < -0.39 is 0 Å². The SMILES string of the molecule is CCN[C@H]1CC[C@H](Nc2ncc3cccc(OC4CCOCC4)c3n2)CC1. The number of rotatable bonds is 6. The van der Waals surface area contributed by atoms with Gasteiger partial charge >= 0.3 is 0 Å². The molecule has 6 heteroatoms. The molecule has 1 saturated heterocycles. The number of para-hydroxylation sites is 1. The highest BCUT2D eigenvalue weighted by molar-refractivity contribution is 5.84. The van der Waals surface area contributed by atoms with Gasteiger partial charge in [-0.05, 0) is 38.3 Å². The molecule has 1 saturated carbocycles. The van der Waals surface area contributed by atoms with E-state index in [0.29, 0.717) is 18.0 Å². The molecule has 27 heavy (non-hydrogen) atoms. The van der Waals surface area contributed by atoms with Gasteiger partial charge in [0.05, 0.1) is 13.2 Å². The summed E-state index contributed by atoms with van der Waals surface area (Å²) >= 11 is 0. The van der Waals surface area contributed by atoms with Gasteiger partial charge < -0.3 is 20.1 Å². The van der Waals surface area contributed by atoms with Crippen LogP contribution in [-0.2, 0) is 4.74 Å². The summed E-state index contributed by atoms with van der Waals surface area (Å²) in [5.41, 5.74) is 0.892. The Morgan fingerprint density at radius 3 is 2.63 bits per heavy atom. The molecule has 0 unspecified atom stereocenters. The van der Waals surface area contributed by atoms with Crippen molar-refractivity contribution in [2.24, 2.45) is 0 Å². The molecule has 0 amide bonds. The topological polar surface area (TPSA) is 68.3 Å². The van der Waals surface area contributed by atoms with Crippen LogP contribution in [0.2, 0.25) is 0 Å². The average molecular weight is 370 g/mol. The second-order valence-corrected chi connectivity index (χ2v) is 7.57. The molecule has 1 aliphatic carbocycles. The Hall–Kier alpha value is -1.92. The number of aromatic nitrogens is 2. The predicted octanol–water partition coefficient (Wildman–Crippen LogP) is 3.52. The largest absolute Gasteiger partial charge is 0.488 e. The standard InChI is InChI=1S/C21H30N4O2/c1-2-22-16-6-8-17(9-7-16)24-21-23-14-15-4-3-5-19(20(15)25-21)27-18-10-12-26-13-11-18/h3-5,14,16-18,22H,2,6-13H2,1H3,(H,23,24,25)/t16-,17-. The molecule has 2 heterocycles. The van der Waals surface area contributed by atoms with Crippen LogP contribution in [0.25, 0.3) is 10.9 Å².